The van der Waals surface area contributed by atoms with Gasteiger partial charge in [0.05, 0.1) is 18.6 Å². The van der Waals surface area contributed by atoms with Gasteiger partial charge < -0.3 is 24.4 Å². The van der Waals surface area contributed by atoms with E-state index in [4.69, 9.17) is 37.4 Å². The summed E-state index contributed by atoms with van der Waals surface area (Å²) in [6.45, 7) is -2.67. The lowest BCUT2D eigenvalue weighted by Crippen LogP contribution is -2.40. The number of H-pyrrole nitrogens is 1. The van der Waals surface area contributed by atoms with Crippen molar-refractivity contribution in [3.63, 3.8) is 0 Å². The van der Waals surface area contributed by atoms with Gasteiger partial charge in [0.15, 0.2) is 29.3 Å². The van der Waals surface area contributed by atoms with Gasteiger partial charge in [-0.2, -0.15) is 26.6 Å². The minimum atomic E-state index is -4.06. The molecule has 2 atom stereocenters. The lowest BCUT2D eigenvalue weighted by Gasteiger charge is -2.26. The van der Waals surface area contributed by atoms with Crippen LogP contribution in [0.5, 0.6) is 17.2 Å². The fourth-order valence-electron chi connectivity index (χ4n) is 4.58. The quantitative estimate of drug-likeness (QED) is 0.201. The van der Waals surface area contributed by atoms with Crippen LogP contribution in [0.25, 0.3) is 0 Å². The fourth-order valence-corrected chi connectivity index (χ4v) is 8.16. The van der Waals surface area contributed by atoms with Crippen LogP contribution in [0.2, 0.25) is 10.0 Å². The Balaban J connectivity index is 0.00000288. The SMILES string of the molecule is COc1ccc(S(=O)(=O)N2CCS[C@H]2C(=O)O[C@@H](Cc2c(Cl)c[nH+]cc2Cl)c2ccc(OC(F)F)c(OCC3CC3)c2)cc1.S.[OH-]. The molecule has 10 nitrogen and oxygen atoms in total. The lowest BCUT2D eigenvalue weighted by molar-refractivity contribution is -0.377. The molecule has 17 heteroatoms. The number of alkyl halides is 2. The number of nitrogens with zero attached hydrogens (tertiary/aromatic N) is 1. The molecule has 2 aliphatic rings. The van der Waals surface area contributed by atoms with Crippen LogP contribution < -0.4 is 19.2 Å². The number of benzene rings is 2. The molecule has 2 heterocycles. The number of rotatable bonds is 13. The van der Waals surface area contributed by atoms with E-state index in [9.17, 15) is 22.0 Å². The molecule has 0 spiro atoms. The van der Waals surface area contributed by atoms with Crippen LogP contribution in [0.15, 0.2) is 59.8 Å². The van der Waals surface area contributed by atoms with Crippen molar-refractivity contribution in [2.45, 2.75) is 42.2 Å². The van der Waals surface area contributed by atoms with Gasteiger partial charge in [-0.1, -0.05) is 29.3 Å². The molecule has 0 radical (unpaired) electrons. The highest BCUT2D eigenvalue weighted by Crippen LogP contribution is 2.39. The standard InChI is InChI=1S/C29H28Cl2F2N2O7S2.H2O.H2S/c1-39-19-5-7-20(8-6-19)44(37,38)35-10-11-43-27(35)28(36)41-25(13-21-22(30)14-34-15-23(21)31)18-4-9-24(42-29(32)33)26(12-18)40-16-17-2-3-17;;/h4-9,12,14-15,17,25,27,29H,2-3,10-11,13,16H2,1H3;2*1H2/t25-,27-;;/m0../s1. The molecule has 0 unspecified atom stereocenters. The van der Waals surface area contributed by atoms with Gasteiger partial charge in [0, 0.05) is 24.3 Å². The van der Waals surface area contributed by atoms with Crippen LogP contribution in [0.3, 0.4) is 0 Å². The molecule has 2 N–H and O–H groups in total. The van der Waals surface area contributed by atoms with Crippen LogP contribution >= 0.6 is 48.5 Å². The van der Waals surface area contributed by atoms with Crippen molar-refractivity contribution < 1.29 is 51.4 Å². The maximum Gasteiger partial charge on any atom is 0.387 e. The zero-order chi connectivity index (χ0) is 31.4. The predicted octanol–water partition coefficient (Wildman–Crippen LogP) is 5.73. The molecule has 2 aromatic carbocycles. The maximum absolute atomic E-state index is 13.7. The van der Waals surface area contributed by atoms with Gasteiger partial charge in [0.25, 0.3) is 0 Å². The van der Waals surface area contributed by atoms with E-state index < -0.39 is 34.1 Å². The number of halogens is 4. The first kappa shape index (κ1) is 37.9. The summed E-state index contributed by atoms with van der Waals surface area (Å²) in [5.74, 6) is 0.266. The van der Waals surface area contributed by atoms with Crippen molar-refractivity contribution in [1.29, 1.82) is 0 Å². The van der Waals surface area contributed by atoms with Crippen molar-refractivity contribution >= 4 is 64.5 Å². The zero-order valence-corrected chi connectivity index (χ0v) is 28.5. The molecule has 2 fully saturated rings. The Bertz CT molecular complexity index is 1580. The van der Waals surface area contributed by atoms with Crippen molar-refractivity contribution in [2.75, 3.05) is 26.0 Å². The Kier molecular flexibility index (Phi) is 13.6. The highest BCUT2D eigenvalue weighted by Gasteiger charge is 2.42. The minimum Gasteiger partial charge on any atom is -0.870 e. The predicted molar refractivity (Wildman–Crippen MR) is 172 cm³/mol. The molecular weight excluding hydrogens is 709 g/mol. The molecule has 1 aromatic heterocycles. The number of carbonyl (C=O) groups excluding carboxylic acids is 1. The number of aromatic nitrogens is 1. The van der Waals surface area contributed by atoms with Crippen molar-refractivity contribution in [3.8, 4) is 17.2 Å². The first-order valence-electron chi connectivity index (χ1n) is 13.6. The second kappa shape index (κ2) is 16.5. The van der Waals surface area contributed by atoms with Gasteiger partial charge in [-0.05, 0) is 60.7 Å². The number of pyridine rings is 1. The van der Waals surface area contributed by atoms with Gasteiger partial charge in [-0.15, -0.1) is 11.8 Å². The molecule has 1 saturated heterocycles. The summed E-state index contributed by atoms with van der Waals surface area (Å²) in [7, 11) is -2.59. The number of aromatic amines is 1. The summed E-state index contributed by atoms with van der Waals surface area (Å²) in [5.41, 5.74) is 0.846. The molecule has 252 valence electrons. The van der Waals surface area contributed by atoms with Crippen molar-refractivity contribution in [1.82, 2.24) is 4.31 Å². The maximum atomic E-state index is 13.7. The summed E-state index contributed by atoms with van der Waals surface area (Å²) < 4.78 is 76.0. The normalized spacial score (nSPS) is 17.0. The number of methoxy groups -OCH3 is 1. The first-order valence-corrected chi connectivity index (χ1v) is 16.8. The van der Waals surface area contributed by atoms with Crippen LogP contribution in [-0.4, -0.2) is 62.2 Å². The topological polar surface area (TPSA) is 136 Å². The highest BCUT2D eigenvalue weighted by atomic mass is 35.5. The van der Waals surface area contributed by atoms with Gasteiger partial charge in [-0.3, -0.25) is 0 Å². The van der Waals surface area contributed by atoms with Gasteiger partial charge >= 0.3 is 12.6 Å². The average Bonchev–Trinajstić information content (AvgIpc) is 3.69. The zero-order valence-electron chi connectivity index (χ0n) is 24.3. The third-order valence-electron chi connectivity index (χ3n) is 7.09. The van der Waals surface area contributed by atoms with Crippen LogP contribution in [0.1, 0.15) is 30.1 Å². The Morgan fingerprint density at radius 1 is 1.09 bits per heavy atom. The summed E-state index contributed by atoms with van der Waals surface area (Å²) in [4.78, 5) is 16.5. The summed E-state index contributed by atoms with van der Waals surface area (Å²) in [5, 5.41) is -0.618. The van der Waals surface area contributed by atoms with E-state index in [2.05, 4.69) is 9.72 Å². The van der Waals surface area contributed by atoms with E-state index >= 15 is 0 Å². The average molecular weight is 742 g/mol. The molecule has 3 aromatic rings. The van der Waals surface area contributed by atoms with E-state index in [1.807, 2.05) is 0 Å². The number of nitrogens with one attached hydrogen (secondary N) is 1. The number of hydrogen-bond donors (Lipinski definition) is 0. The Morgan fingerprint density at radius 2 is 1.76 bits per heavy atom. The number of hydrogen-bond acceptors (Lipinski definition) is 9. The van der Waals surface area contributed by atoms with Gasteiger partial charge in [-0.25, -0.2) is 18.2 Å². The molecule has 46 heavy (non-hydrogen) atoms. The molecule has 1 aliphatic heterocycles. The molecule has 1 saturated carbocycles. The minimum absolute atomic E-state index is 0. The van der Waals surface area contributed by atoms with E-state index in [0.29, 0.717) is 35.2 Å². The molecule has 0 amide bonds. The summed E-state index contributed by atoms with van der Waals surface area (Å²) in [6, 6.07) is 10.1. The van der Waals surface area contributed by atoms with E-state index in [0.717, 1.165) is 28.9 Å². The van der Waals surface area contributed by atoms with Gasteiger partial charge in [0.1, 0.15) is 21.9 Å². The van der Waals surface area contributed by atoms with Crippen molar-refractivity contribution in [2.24, 2.45) is 5.92 Å². The number of ether oxygens (including phenoxy) is 4. The fraction of sp³-hybridized carbons (Fsp3) is 0.379. The van der Waals surface area contributed by atoms with Gasteiger partial charge in [0.2, 0.25) is 10.0 Å². The monoisotopic (exact) mass is 740 g/mol. The third-order valence-corrected chi connectivity index (χ3v) is 11.0. The number of thioether (sulfide) groups is 1. The van der Waals surface area contributed by atoms with Crippen molar-refractivity contribution in [3.05, 3.63) is 76.0 Å². The van der Waals surface area contributed by atoms with E-state index in [-0.39, 0.29) is 58.4 Å². The van der Waals surface area contributed by atoms with E-state index in [1.54, 1.807) is 0 Å². The highest BCUT2D eigenvalue weighted by molar-refractivity contribution is 8.02. The summed E-state index contributed by atoms with van der Waals surface area (Å²) in [6.07, 6.45) is 3.93. The smallest absolute Gasteiger partial charge is 0.387 e. The lowest BCUT2D eigenvalue weighted by atomic mass is 10.0. The number of carbonyl (C=O) groups is 1. The third kappa shape index (κ3) is 9.08. The Morgan fingerprint density at radius 3 is 2.37 bits per heavy atom. The Hall–Kier alpha value is -2.53. The number of sulfonamides is 1. The molecule has 5 rings (SSSR count). The second-order valence-corrected chi connectivity index (χ2v) is 14.0. The molecule has 1 aliphatic carbocycles. The first-order chi connectivity index (χ1) is 21.1. The van der Waals surface area contributed by atoms with Crippen LogP contribution in [0.4, 0.5) is 8.78 Å². The Labute approximate surface area is 286 Å². The van der Waals surface area contributed by atoms with Crippen LogP contribution in [0, 0.1) is 5.92 Å². The van der Waals surface area contributed by atoms with E-state index in [1.165, 1.54) is 62.0 Å². The second-order valence-electron chi connectivity index (χ2n) is 10.1. The molecular formula is C29H32Cl2F2N2O8S3. The number of esters is 1. The molecule has 0 bridgehead atoms. The van der Waals surface area contributed by atoms with Crippen LogP contribution in [-0.2, 0) is 26.0 Å². The summed E-state index contributed by atoms with van der Waals surface area (Å²) >= 11 is 14.0. The largest absolute Gasteiger partial charge is 0.870 e.